The zero-order valence-electron chi connectivity index (χ0n) is 14.4. The first-order valence-corrected chi connectivity index (χ1v) is 9.58. The van der Waals surface area contributed by atoms with Gasteiger partial charge < -0.3 is 5.32 Å². The molecular weight excluding hydrogens is 424 g/mol. The number of nitrogens with one attached hydrogen (secondary N) is 2. The van der Waals surface area contributed by atoms with Crippen LogP contribution in [-0.4, -0.2) is 23.8 Å². The fourth-order valence-corrected chi connectivity index (χ4v) is 4.49. The third-order valence-corrected chi connectivity index (χ3v) is 6.29. The summed E-state index contributed by atoms with van der Waals surface area (Å²) in [6.07, 6.45) is 0. The van der Waals surface area contributed by atoms with Crippen molar-refractivity contribution in [1.82, 2.24) is 10.2 Å². The maximum atomic E-state index is 13.5. The van der Waals surface area contributed by atoms with Crippen LogP contribution >= 0.6 is 27.3 Å². The van der Waals surface area contributed by atoms with Crippen molar-refractivity contribution in [3.63, 3.8) is 0 Å². The largest absolute Gasteiger partial charge is 0.346 e. The molecule has 0 unspecified atom stereocenters. The summed E-state index contributed by atoms with van der Waals surface area (Å²) < 4.78 is 27.9. The van der Waals surface area contributed by atoms with E-state index in [1.54, 1.807) is 12.1 Å². The summed E-state index contributed by atoms with van der Waals surface area (Å²) in [5.41, 5.74) is 0.521. The molecule has 1 aromatic heterocycles. The first-order chi connectivity index (χ1) is 12.0. The molecule has 1 saturated heterocycles. The van der Waals surface area contributed by atoms with E-state index in [0.29, 0.717) is 5.56 Å². The Morgan fingerprint density at radius 1 is 1.35 bits per heavy atom. The van der Waals surface area contributed by atoms with Crippen molar-refractivity contribution in [1.29, 1.82) is 5.41 Å². The Labute approximate surface area is 162 Å². The Balaban J connectivity index is 2.10. The smallest absolute Gasteiger partial charge is 0.270 e. The molecule has 0 bridgehead atoms. The first kappa shape index (κ1) is 19.0. The van der Waals surface area contributed by atoms with E-state index in [-0.39, 0.29) is 17.4 Å². The van der Waals surface area contributed by atoms with Crippen molar-refractivity contribution in [2.45, 2.75) is 31.2 Å². The molecule has 3 rings (SSSR count). The molecule has 2 heterocycles. The van der Waals surface area contributed by atoms with Gasteiger partial charge in [-0.3, -0.25) is 15.1 Å². The van der Waals surface area contributed by atoms with Crippen LogP contribution in [-0.2, 0) is 16.3 Å². The van der Waals surface area contributed by atoms with E-state index in [1.807, 2.05) is 18.4 Å². The van der Waals surface area contributed by atoms with Crippen LogP contribution in [0.4, 0.5) is 8.78 Å². The number of alkyl halides is 2. The van der Waals surface area contributed by atoms with Gasteiger partial charge in [0, 0.05) is 19.5 Å². The standard InChI is InChI=1S/C18H18BrF2N3OS/c1-17(12-8-13(19)26-9-12)14(15(25)24(3)16(22)23-17)10-4-6-11(7-5-10)18(2,20)21/h4-9,14H,1-3H3,(H2,22,23)/t14-,17-/m1/s1. The van der Waals surface area contributed by atoms with E-state index in [9.17, 15) is 13.6 Å². The van der Waals surface area contributed by atoms with Gasteiger partial charge in [0.2, 0.25) is 5.91 Å². The number of hydrogen-bond acceptors (Lipinski definition) is 3. The fourth-order valence-electron chi connectivity index (χ4n) is 3.22. The molecule has 0 aliphatic carbocycles. The van der Waals surface area contributed by atoms with Gasteiger partial charge in [-0.1, -0.05) is 24.3 Å². The number of guanidine groups is 1. The zero-order chi connectivity index (χ0) is 19.3. The number of halogens is 3. The highest BCUT2D eigenvalue weighted by Crippen LogP contribution is 2.43. The van der Waals surface area contributed by atoms with Gasteiger partial charge in [-0.25, -0.2) is 8.78 Å². The second kappa shape index (κ2) is 6.42. The quantitative estimate of drug-likeness (QED) is 0.729. The Morgan fingerprint density at radius 2 is 1.96 bits per heavy atom. The number of thiophene rings is 1. The number of carbonyl (C=O) groups excluding carboxylic acids is 1. The Morgan fingerprint density at radius 3 is 2.46 bits per heavy atom. The van der Waals surface area contributed by atoms with E-state index in [0.717, 1.165) is 16.3 Å². The minimum absolute atomic E-state index is 0.00721. The predicted molar refractivity (Wildman–Crippen MR) is 102 cm³/mol. The van der Waals surface area contributed by atoms with Crippen molar-refractivity contribution in [3.8, 4) is 0 Å². The highest BCUT2D eigenvalue weighted by molar-refractivity contribution is 9.11. The van der Waals surface area contributed by atoms with Crippen LogP contribution in [0.15, 0.2) is 39.5 Å². The summed E-state index contributed by atoms with van der Waals surface area (Å²) in [4.78, 5) is 14.2. The van der Waals surface area contributed by atoms with Gasteiger partial charge in [-0.15, -0.1) is 11.3 Å². The normalized spacial score (nSPS) is 23.9. The number of hydrogen-bond donors (Lipinski definition) is 2. The summed E-state index contributed by atoms with van der Waals surface area (Å²) in [5.74, 6) is -3.83. The highest BCUT2D eigenvalue weighted by atomic mass is 79.9. The van der Waals surface area contributed by atoms with E-state index in [1.165, 1.54) is 35.4 Å². The number of carbonyl (C=O) groups is 1. The topological polar surface area (TPSA) is 56.2 Å². The van der Waals surface area contributed by atoms with Gasteiger partial charge in [-0.2, -0.15) is 0 Å². The van der Waals surface area contributed by atoms with Gasteiger partial charge in [0.15, 0.2) is 5.96 Å². The second-order valence-electron chi connectivity index (χ2n) is 6.66. The molecule has 2 N–H and O–H groups in total. The van der Waals surface area contributed by atoms with E-state index in [4.69, 9.17) is 5.41 Å². The third kappa shape index (κ3) is 3.16. The molecule has 1 aromatic carbocycles. The minimum atomic E-state index is -2.94. The number of likely N-dealkylation sites (N-methyl/N-ethyl adjacent to an activating group) is 1. The van der Waals surface area contributed by atoms with Crippen molar-refractivity contribution in [2.24, 2.45) is 0 Å². The molecule has 8 heteroatoms. The summed E-state index contributed by atoms with van der Waals surface area (Å²) >= 11 is 4.92. The van der Waals surface area contributed by atoms with E-state index in [2.05, 4.69) is 21.2 Å². The molecule has 4 nitrogen and oxygen atoms in total. The number of amides is 1. The fraction of sp³-hybridized carbons (Fsp3) is 0.333. The third-order valence-electron chi connectivity index (χ3n) is 4.79. The van der Waals surface area contributed by atoms with Crippen LogP contribution in [0, 0.1) is 5.41 Å². The molecule has 2 atom stereocenters. The van der Waals surface area contributed by atoms with Crippen LogP contribution in [0.3, 0.4) is 0 Å². The van der Waals surface area contributed by atoms with Crippen molar-refractivity contribution >= 4 is 39.1 Å². The maximum Gasteiger partial charge on any atom is 0.270 e. The van der Waals surface area contributed by atoms with Crippen molar-refractivity contribution < 1.29 is 13.6 Å². The Kier molecular flexibility index (Phi) is 4.69. The summed E-state index contributed by atoms with van der Waals surface area (Å²) in [5, 5.41) is 13.1. The van der Waals surface area contributed by atoms with E-state index >= 15 is 0 Å². The SMILES string of the molecule is CN1C(=N)N[C@](C)(c2csc(Br)c2)[C@H](c2ccc(C(C)(F)F)cc2)C1=O. The average Bonchev–Trinajstić information content (AvgIpc) is 3.00. The zero-order valence-corrected chi connectivity index (χ0v) is 16.8. The molecular formula is C18H18BrF2N3OS. The summed E-state index contributed by atoms with van der Waals surface area (Å²) in [6.45, 7) is 2.70. The average molecular weight is 442 g/mol. The lowest BCUT2D eigenvalue weighted by molar-refractivity contribution is -0.131. The van der Waals surface area contributed by atoms with Gasteiger partial charge in [0.1, 0.15) is 0 Å². The molecule has 1 amide bonds. The van der Waals surface area contributed by atoms with Crippen LogP contribution < -0.4 is 5.32 Å². The Bertz CT molecular complexity index is 862. The molecule has 0 radical (unpaired) electrons. The van der Waals surface area contributed by atoms with Crippen molar-refractivity contribution in [3.05, 3.63) is 56.2 Å². The molecule has 1 fully saturated rings. The molecule has 0 saturated carbocycles. The number of rotatable bonds is 3. The predicted octanol–water partition coefficient (Wildman–Crippen LogP) is 4.62. The Hall–Kier alpha value is -1.80. The molecule has 1 aliphatic heterocycles. The molecule has 138 valence electrons. The minimum Gasteiger partial charge on any atom is -0.346 e. The second-order valence-corrected chi connectivity index (χ2v) is 8.95. The number of nitrogens with zero attached hydrogens (tertiary/aromatic N) is 1. The molecule has 1 aliphatic rings. The lowest BCUT2D eigenvalue weighted by Gasteiger charge is -2.45. The first-order valence-electron chi connectivity index (χ1n) is 7.91. The lowest BCUT2D eigenvalue weighted by atomic mass is 9.74. The van der Waals surface area contributed by atoms with E-state index < -0.39 is 17.4 Å². The van der Waals surface area contributed by atoms with Crippen LogP contribution in [0.2, 0.25) is 0 Å². The highest BCUT2D eigenvalue weighted by Gasteiger charge is 2.48. The maximum absolute atomic E-state index is 13.5. The molecule has 2 aromatic rings. The van der Waals surface area contributed by atoms with Gasteiger partial charge >= 0.3 is 0 Å². The molecule has 0 spiro atoms. The van der Waals surface area contributed by atoms with Crippen LogP contribution in [0.5, 0.6) is 0 Å². The van der Waals surface area contributed by atoms with Gasteiger partial charge in [0.25, 0.3) is 5.92 Å². The van der Waals surface area contributed by atoms with Crippen LogP contribution in [0.1, 0.15) is 36.5 Å². The lowest BCUT2D eigenvalue weighted by Crippen LogP contribution is -2.62. The van der Waals surface area contributed by atoms with Gasteiger partial charge in [-0.05, 0) is 45.4 Å². The monoisotopic (exact) mass is 441 g/mol. The summed E-state index contributed by atoms with van der Waals surface area (Å²) in [6, 6.07) is 7.75. The summed E-state index contributed by atoms with van der Waals surface area (Å²) in [7, 11) is 1.53. The van der Waals surface area contributed by atoms with Gasteiger partial charge in [0.05, 0.1) is 15.2 Å². The van der Waals surface area contributed by atoms with Crippen LogP contribution in [0.25, 0.3) is 0 Å². The molecule has 26 heavy (non-hydrogen) atoms. The van der Waals surface area contributed by atoms with Crippen molar-refractivity contribution in [2.75, 3.05) is 7.05 Å². The number of benzene rings is 1.